The molecule has 3 rings (SSSR count). The third-order valence-corrected chi connectivity index (χ3v) is 4.52. The highest BCUT2D eigenvalue weighted by Crippen LogP contribution is 2.41. The van der Waals surface area contributed by atoms with Crippen LogP contribution in [0.2, 0.25) is 0 Å². The molecule has 4 heteroatoms. The van der Waals surface area contributed by atoms with Gasteiger partial charge in [0, 0.05) is 18.8 Å². The van der Waals surface area contributed by atoms with Gasteiger partial charge in [-0.05, 0) is 37.3 Å². The maximum absolute atomic E-state index is 12.3. The predicted molar refractivity (Wildman–Crippen MR) is 81.9 cm³/mol. The van der Waals surface area contributed by atoms with E-state index in [1.54, 1.807) is 0 Å². The van der Waals surface area contributed by atoms with Crippen LogP contribution in [-0.2, 0) is 16.0 Å². The topological polar surface area (TPSA) is 49.4 Å². The molecule has 2 atom stereocenters. The number of para-hydroxylation sites is 1. The zero-order valence-electron chi connectivity index (χ0n) is 12.5. The second-order valence-electron chi connectivity index (χ2n) is 5.98. The molecule has 0 bridgehead atoms. The first-order valence-corrected chi connectivity index (χ1v) is 7.88. The molecule has 1 aliphatic carbocycles. The first kappa shape index (κ1) is 14.1. The lowest BCUT2D eigenvalue weighted by Crippen LogP contribution is -2.30. The van der Waals surface area contributed by atoms with E-state index in [2.05, 4.69) is 12.2 Å². The fourth-order valence-electron chi connectivity index (χ4n) is 3.11. The molecule has 1 aliphatic heterocycles. The summed E-state index contributed by atoms with van der Waals surface area (Å²) in [6.45, 7) is 3.80. The summed E-state index contributed by atoms with van der Waals surface area (Å²) in [7, 11) is 0. The molecule has 112 valence electrons. The van der Waals surface area contributed by atoms with E-state index in [0.29, 0.717) is 6.42 Å². The normalized spacial score (nSPS) is 24.0. The number of nitrogens with zero attached hydrogens (tertiary/aromatic N) is 1. The van der Waals surface area contributed by atoms with Crippen LogP contribution in [0.3, 0.4) is 0 Å². The molecule has 0 spiro atoms. The standard InChI is InChI=1S/C17H22N2O2/c1-2-12-7-3-4-8-15(12)18-16(20)13-11-14(13)17(21)19-9-5-6-10-19/h3-4,7-8,13-14H,2,5-6,9-11H2,1H3,(H,18,20). The lowest BCUT2D eigenvalue weighted by Gasteiger charge is -2.15. The zero-order chi connectivity index (χ0) is 14.8. The molecule has 4 nitrogen and oxygen atoms in total. The number of anilines is 1. The van der Waals surface area contributed by atoms with Crippen LogP contribution in [-0.4, -0.2) is 29.8 Å². The van der Waals surface area contributed by atoms with E-state index < -0.39 is 0 Å². The summed E-state index contributed by atoms with van der Waals surface area (Å²) in [5.74, 6) is -0.0511. The van der Waals surface area contributed by atoms with Crippen molar-refractivity contribution in [1.29, 1.82) is 0 Å². The van der Waals surface area contributed by atoms with Crippen LogP contribution in [0.5, 0.6) is 0 Å². The number of hydrogen-bond acceptors (Lipinski definition) is 2. The van der Waals surface area contributed by atoms with Crippen LogP contribution in [0.25, 0.3) is 0 Å². The van der Waals surface area contributed by atoms with Gasteiger partial charge in [-0.2, -0.15) is 0 Å². The molecule has 2 aliphatic rings. The van der Waals surface area contributed by atoms with E-state index in [9.17, 15) is 9.59 Å². The monoisotopic (exact) mass is 286 g/mol. The number of aryl methyl sites for hydroxylation is 1. The fourth-order valence-corrected chi connectivity index (χ4v) is 3.11. The minimum absolute atomic E-state index is 0.00607. The summed E-state index contributed by atoms with van der Waals surface area (Å²) in [5, 5.41) is 2.99. The summed E-state index contributed by atoms with van der Waals surface area (Å²) < 4.78 is 0. The van der Waals surface area contributed by atoms with Crippen molar-refractivity contribution in [2.45, 2.75) is 32.6 Å². The third kappa shape index (κ3) is 2.94. The molecule has 2 unspecified atom stereocenters. The molecular weight excluding hydrogens is 264 g/mol. The van der Waals surface area contributed by atoms with Crippen LogP contribution >= 0.6 is 0 Å². The second kappa shape index (κ2) is 5.88. The number of benzene rings is 1. The SMILES string of the molecule is CCc1ccccc1NC(=O)C1CC1C(=O)N1CCCC1. The number of amides is 2. The van der Waals surface area contributed by atoms with Crippen molar-refractivity contribution in [2.24, 2.45) is 11.8 Å². The van der Waals surface area contributed by atoms with E-state index in [1.807, 2.05) is 29.2 Å². The van der Waals surface area contributed by atoms with Gasteiger partial charge in [-0.3, -0.25) is 9.59 Å². The Kier molecular flexibility index (Phi) is 3.95. The summed E-state index contributed by atoms with van der Waals surface area (Å²) in [5.41, 5.74) is 2.01. The first-order valence-electron chi connectivity index (χ1n) is 7.88. The highest BCUT2D eigenvalue weighted by Gasteiger charge is 2.49. The maximum Gasteiger partial charge on any atom is 0.228 e. The van der Waals surface area contributed by atoms with E-state index in [4.69, 9.17) is 0 Å². The number of likely N-dealkylation sites (tertiary alicyclic amines) is 1. The Morgan fingerprint density at radius 1 is 1.19 bits per heavy atom. The molecule has 2 fully saturated rings. The Morgan fingerprint density at radius 3 is 2.62 bits per heavy atom. The van der Waals surface area contributed by atoms with Crippen LogP contribution < -0.4 is 5.32 Å². The molecule has 1 aromatic rings. The number of hydrogen-bond donors (Lipinski definition) is 1. The van der Waals surface area contributed by atoms with Crippen LogP contribution in [0.15, 0.2) is 24.3 Å². The highest BCUT2D eigenvalue weighted by atomic mass is 16.2. The lowest BCUT2D eigenvalue weighted by atomic mass is 10.1. The van der Waals surface area contributed by atoms with E-state index in [1.165, 1.54) is 0 Å². The summed E-state index contributed by atoms with van der Waals surface area (Å²) >= 11 is 0. The smallest absolute Gasteiger partial charge is 0.228 e. The average molecular weight is 286 g/mol. The average Bonchev–Trinajstić information content (AvgIpc) is 3.12. The van der Waals surface area contributed by atoms with E-state index >= 15 is 0 Å². The Labute approximate surface area is 125 Å². The van der Waals surface area contributed by atoms with Crippen LogP contribution in [0.4, 0.5) is 5.69 Å². The van der Waals surface area contributed by atoms with Gasteiger partial charge < -0.3 is 10.2 Å². The molecule has 21 heavy (non-hydrogen) atoms. The molecule has 2 amide bonds. The molecular formula is C17H22N2O2. The molecule has 1 heterocycles. The Balaban J connectivity index is 1.59. The fraction of sp³-hybridized carbons (Fsp3) is 0.529. The van der Waals surface area contributed by atoms with Crippen molar-refractivity contribution in [1.82, 2.24) is 4.90 Å². The molecule has 1 saturated carbocycles. The largest absolute Gasteiger partial charge is 0.342 e. The van der Waals surface area contributed by atoms with E-state index in [-0.39, 0.29) is 23.7 Å². The summed E-state index contributed by atoms with van der Waals surface area (Å²) in [4.78, 5) is 26.4. The minimum atomic E-state index is -0.136. The number of carbonyl (C=O) groups is 2. The molecule has 1 N–H and O–H groups in total. The van der Waals surface area contributed by atoms with Gasteiger partial charge in [-0.25, -0.2) is 0 Å². The van der Waals surface area contributed by atoms with Crippen LogP contribution in [0, 0.1) is 11.8 Å². The first-order chi connectivity index (χ1) is 10.2. The van der Waals surface area contributed by atoms with Gasteiger partial charge in [0.25, 0.3) is 0 Å². The van der Waals surface area contributed by atoms with Gasteiger partial charge in [0.05, 0.1) is 11.8 Å². The molecule has 1 aromatic carbocycles. The lowest BCUT2D eigenvalue weighted by molar-refractivity contribution is -0.133. The Morgan fingerprint density at radius 2 is 1.90 bits per heavy atom. The van der Waals surface area contributed by atoms with Gasteiger partial charge in [-0.15, -0.1) is 0 Å². The van der Waals surface area contributed by atoms with Crippen molar-refractivity contribution in [3.05, 3.63) is 29.8 Å². The summed E-state index contributed by atoms with van der Waals surface area (Å²) in [6.07, 6.45) is 3.78. The van der Waals surface area contributed by atoms with Gasteiger partial charge in [0.2, 0.25) is 11.8 Å². The van der Waals surface area contributed by atoms with Crippen molar-refractivity contribution >= 4 is 17.5 Å². The molecule has 1 saturated heterocycles. The second-order valence-corrected chi connectivity index (χ2v) is 5.98. The summed E-state index contributed by atoms with van der Waals surface area (Å²) in [6, 6.07) is 7.85. The van der Waals surface area contributed by atoms with Crippen molar-refractivity contribution in [2.75, 3.05) is 18.4 Å². The van der Waals surface area contributed by atoms with E-state index in [0.717, 1.165) is 43.6 Å². The minimum Gasteiger partial charge on any atom is -0.342 e. The zero-order valence-corrected chi connectivity index (χ0v) is 12.5. The highest BCUT2D eigenvalue weighted by molar-refractivity contribution is 5.99. The van der Waals surface area contributed by atoms with Gasteiger partial charge in [0.15, 0.2) is 0 Å². The number of carbonyl (C=O) groups excluding carboxylic acids is 2. The maximum atomic E-state index is 12.3. The number of nitrogens with one attached hydrogen (secondary N) is 1. The predicted octanol–water partition coefficient (Wildman–Crippen LogP) is 2.45. The van der Waals surface area contributed by atoms with Gasteiger partial charge >= 0.3 is 0 Å². The quantitative estimate of drug-likeness (QED) is 0.924. The van der Waals surface area contributed by atoms with Crippen molar-refractivity contribution in [3.8, 4) is 0 Å². The van der Waals surface area contributed by atoms with Crippen LogP contribution in [0.1, 0.15) is 31.7 Å². The molecule has 0 radical (unpaired) electrons. The van der Waals surface area contributed by atoms with Crippen molar-refractivity contribution in [3.63, 3.8) is 0 Å². The third-order valence-electron chi connectivity index (χ3n) is 4.52. The van der Waals surface area contributed by atoms with Crippen molar-refractivity contribution < 1.29 is 9.59 Å². The Bertz CT molecular complexity index is 549. The van der Waals surface area contributed by atoms with Gasteiger partial charge in [-0.1, -0.05) is 25.1 Å². The molecule has 0 aromatic heterocycles. The van der Waals surface area contributed by atoms with Gasteiger partial charge in [0.1, 0.15) is 0 Å². The number of rotatable bonds is 4. The Hall–Kier alpha value is -1.84.